The molecule has 0 spiro atoms. The van der Waals surface area contributed by atoms with Crippen molar-refractivity contribution in [1.82, 2.24) is 0 Å². The molecule has 5 nitrogen and oxygen atoms in total. The number of carbonyl (C=O) groups excluding carboxylic acids is 1. The second-order valence-electron chi connectivity index (χ2n) is 5.73. The highest BCUT2D eigenvalue weighted by Gasteiger charge is 2.27. The first-order chi connectivity index (χ1) is 10.6. The van der Waals surface area contributed by atoms with Crippen LogP contribution in [0.5, 0.6) is 5.75 Å². The van der Waals surface area contributed by atoms with Crippen molar-refractivity contribution in [2.45, 2.75) is 25.7 Å². The van der Waals surface area contributed by atoms with Crippen LogP contribution in [0, 0.1) is 17.2 Å². The van der Waals surface area contributed by atoms with Crippen LogP contribution < -0.4 is 16.2 Å². The van der Waals surface area contributed by atoms with E-state index >= 15 is 0 Å². The van der Waals surface area contributed by atoms with Crippen molar-refractivity contribution in [2.24, 2.45) is 23.3 Å². The third-order valence-electron chi connectivity index (χ3n) is 4.07. The molecule has 5 heteroatoms. The number of nitrogens with two attached hydrogens (primary N) is 2. The topological polar surface area (TPSA) is 102 Å². The fourth-order valence-corrected chi connectivity index (χ4v) is 2.67. The lowest BCUT2D eigenvalue weighted by Gasteiger charge is -2.26. The lowest BCUT2D eigenvalue weighted by atomic mass is 9.82. The average molecular weight is 301 g/mol. The molecule has 22 heavy (non-hydrogen) atoms. The van der Waals surface area contributed by atoms with Gasteiger partial charge in [0, 0.05) is 0 Å². The Hall–Kier alpha value is -2.14. The monoisotopic (exact) mass is 301 g/mol. The maximum absolute atomic E-state index is 12.2. The summed E-state index contributed by atoms with van der Waals surface area (Å²) in [6.07, 6.45) is 6.98. The summed E-state index contributed by atoms with van der Waals surface area (Å²) < 4.78 is 5.44. The molecule has 2 rings (SSSR count). The molecule has 0 saturated heterocycles. The largest absolute Gasteiger partial charge is 0.426 e. The summed E-state index contributed by atoms with van der Waals surface area (Å²) in [7, 11) is 0. The van der Waals surface area contributed by atoms with Crippen LogP contribution >= 0.6 is 0 Å². The molecule has 5 N–H and O–H groups in total. The Bertz CT molecular complexity index is 544. The fourth-order valence-electron chi connectivity index (χ4n) is 2.67. The van der Waals surface area contributed by atoms with Crippen LogP contribution in [0.25, 0.3) is 6.08 Å². The van der Waals surface area contributed by atoms with E-state index in [2.05, 4.69) is 0 Å². The van der Waals surface area contributed by atoms with Gasteiger partial charge in [0.1, 0.15) is 11.6 Å². The van der Waals surface area contributed by atoms with Gasteiger partial charge in [-0.25, -0.2) is 0 Å². The number of amidine groups is 1. The Balaban J connectivity index is 1.88. The molecule has 1 aromatic carbocycles. The number of rotatable bonds is 5. The molecule has 0 aliphatic heterocycles. The van der Waals surface area contributed by atoms with Gasteiger partial charge in [-0.2, -0.15) is 0 Å². The Labute approximate surface area is 130 Å². The number of ether oxygens (including phenoxy) is 1. The van der Waals surface area contributed by atoms with E-state index in [9.17, 15) is 4.79 Å². The second kappa shape index (κ2) is 7.75. The predicted octanol–water partition coefficient (Wildman–Crippen LogP) is 2.31. The second-order valence-corrected chi connectivity index (χ2v) is 5.73. The molecule has 0 unspecified atom stereocenters. The number of hydrogen-bond donors (Lipinski definition) is 3. The van der Waals surface area contributed by atoms with E-state index < -0.39 is 0 Å². The summed E-state index contributed by atoms with van der Waals surface area (Å²) in [5, 5.41) is 7.13. The van der Waals surface area contributed by atoms with Gasteiger partial charge >= 0.3 is 5.97 Å². The predicted molar refractivity (Wildman–Crippen MR) is 87.5 cm³/mol. The van der Waals surface area contributed by atoms with Crippen LogP contribution in [0.4, 0.5) is 0 Å². The van der Waals surface area contributed by atoms with Crippen molar-refractivity contribution < 1.29 is 9.53 Å². The van der Waals surface area contributed by atoms with Crippen molar-refractivity contribution >= 4 is 17.9 Å². The normalized spacial score (nSPS) is 21.7. The SMILES string of the molecule is N=C(N)/C=C/c1ccc(OC(=O)[C@H]2CC[C@H](CN)CC2)cc1. The molecule has 1 aromatic rings. The Kier molecular flexibility index (Phi) is 5.72. The first-order valence-electron chi connectivity index (χ1n) is 7.62. The van der Waals surface area contributed by atoms with E-state index in [1.807, 2.05) is 12.1 Å². The number of benzene rings is 1. The van der Waals surface area contributed by atoms with Crippen LogP contribution in [-0.4, -0.2) is 18.3 Å². The van der Waals surface area contributed by atoms with Crippen LogP contribution in [0.1, 0.15) is 31.2 Å². The summed E-state index contributed by atoms with van der Waals surface area (Å²) in [6, 6.07) is 7.16. The zero-order valence-electron chi connectivity index (χ0n) is 12.6. The highest BCUT2D eigenvalue weighted by molar-refractivity contribution is 5.92. The van der Waals surface area contributed by atoms with Crippen molar-refractivity contribution in [2.75, 3.05) is 6.54 Å². The summed E-state index contributed by atoms with van der Waals surface area (Å²) >= 11 is 0. The first-order valence-corrected chi connectivity index (χ1v) is 7.62. The highest BCUT2D eigenvalue weighted by Crippen LogP contribution is 2.29. The molecule has 1 saturated carbocycles. The molecular formula is C17H23N3O2. The maximum Gasteiger partial charge on any atom is 0.314 e. The molecule has 0 bridgehead atoms. The average Bonchev–Trinajstić information content (AvgIpc) is 2.54. The molecule has 0 aromatic heterocycles. The Morgan fingerprint density at radius 2 is 1.86 bits per heavy atom. The Morgan fingerprint density at radius 3 is 2.41 bits per heavy atom. The van der Waals surface area contributed by atoms with Crippen molar-refractivity contribution in [3.05, 3.63) is 35.9 Å². The zero-order valence-corrected chi connectivity index (χ0v) is 12.6. The van der Waals surface area contributed by atoms with E-state index in [-0.39, 0.29) is 17.7 Å². The minimum absolute atomic E-state index is 0.00332. The van der Waals surface area contributed by atoms with E-state index in [0.717, 1.165) is 31.2 Å². The number of esters is 1. The molecule has 118 valence electrons. The number of carbonyl (C=O) groups is 1. The molecule has 0 amide bonds. The van der Waals surface area contributed by atoms with Crippen molar-refractivity contribution in [3.8, 4) is 5.75 Å². The van der Waals surface area contributed by atoms with Crippen LogP contribution in [0.2, 0.25) is 0 Å². The lowest BCUT2D eigenvalue weighted by Crippen LogP contribution is -2.28. The summed E-state index contributed by atoms with van der Waals surface area (Å²) in [4.78, 5) is 12.2. The smallest absolute Gasteiger partial charge is 0.314 e. The number of hydrogen-bond acceptors (Lipinski definition) is 4. The van der Waals surface area contributed by atoms with Gasteiger partial charge < -0.3 is 16.2 Å². The fraction of sp³-hybridized carbons (Fsp3) is 0.412. The molecule has 0 atom stereocenters. The molecule has 1 aliphatic rings. The molecule has 1 aliphatic carbocycles. The van der Waals surface area contributed by atoms with Gasteiger partial charge in [0.05, 0.1) is 5.92 Å². The van der Waals surface area contributed by atoms with Gasteiger partial charge in [0.2, 0.25) is 0 Å². The van der Waals surface area contributed by atoms with E-state index in [1.54, 1.807) is 18.2 Å². The van der Waals surface area contributed by atoms with Gasteiger partial charge in [0.15, 0.2) is 0 Å². The maximum atomic E-state index is 12.2. The van der Waals surface area contributed by atoms with Crippen LogP contribution in [-0.2, 0) is 4.79 Å². The minimum atomic E-state index is -0.150. The third-order valence-corrected chi connectivity index (χ3v) is 4.07. The van der Waals surface area contributed by atoms with Gasteiger partial charge in [-0.3, -0.25) is 10.2 Å². The van der Waals surface area contributed by atoms with Gasteiger partial charge in [0.25, 0.3) is 0 Å². The minimum Gasteiger partial charge on any atom is -0.426 e. The molecule has 0 heterocycles. The summed E-state index contributed by atoms with van der Waals surface area (Å²) in [5.74, 6) is 0.938. The van der Waals surface area contributed by atoms with Gasteiger partial charge in [-0.05, 0) is 61.9 Å². The van der Waals surface area contributed by atoms with E-state index in [4.69, 9.17) is 21.6 Å². The van der Waals surface area contributed by atoms with Crippen molar-refractivity contribution in [3.63, 3.8) is 0 Å². The molecular weight excluding hydrogens is 278 g/mol. The van der Waals surface area contributed by atoms with Crippen LogP contribution in [0.15, 0.2) is 30.3 Å². The quantitative estimate of drug-likeness (QED) is 0.336. The Morgan fingerprint density at radius 1 is 1.23 bits per heavy atom. The van der Waals surface area contributed by atoms with Crippen molar-refractivity contribution in [1.29, 1.82) is 5.41 Å². The van der Waals surface area contributed by atoms with E-state index in [0.29, 0.717) is 18.2 Å². The lowest BCUT2D eigenvalue weighted by molar-refractivity contribution is -0.140. The zero-order chi connectivity index (χ0) is 15.9. The molecule has 1 fully saturated rings. The summed E-state index contributed by atoms with van der Waals surface area (Å²) in [6.45, 7) is 0.705. The first kappa shape index (κ1) is 16.2. The van der Waals surface area contributed by atoms with Gasteiger partial charge in [-0.15, -0.1) is 0 Å². The summed E-state index contributed by atoms with van der Waals surface area (Å²) in [5.41, 5.74) is 11.8. The highest BCUT2D eigenvalue weighted by atomic mass is 16.5. The van der Waals surface area contributed by atoms with E-state index in [1.165, 1.54) is 6.08 Å². The van der Waals surface area contributed by atoms with Gasteiger partial charge in [-0.1, -0.05) is 18.2 Å². The molecule has 0 radical (unpaired) electrons. The number of nitrogens with one attached hydrogen (secondary N) is 1. The third kappa shape index (κ3) is 4.70. The van der Waals surface area contributed by atoms with Crippen LogP contribution in [0.3, 0.4) is 0 Å². The standard InChI is InChI=1S/C17H23N3O2/c18-11-13-1-6-14(7-2-13)17(21)22-15-8-3-12(4-9-15)5-10-16(19)20/h3-5,8-10,13-14H,1-2,6-7,11,18H2,(H3,19,20)/b10-5+/t13-,14-.